The third-order valence-corrected chi connectivity index (χ3v) is 2.31. The van der Waals surface area contributed by atoms with Crippen molar-refractivity contribution in [1.29, 1.82) is 0 Å². The first kappa shape index (κ1) is 12.1. The lowest BCUT2D eigenvalue weighted by Crippen LogP contribution is -2.23. The molecule has 1 aromatic carbocycles. The molecule has 1 unspecified atom stereocenters. The molecule has 0 amide bonds. The monoisotopic (exact) mass is 211 g/mol. The fourth-order valence-electron chi connectivity index (χ4n) is 1.41. The Morgan fingerprint density at radius 3 is 2.73 bits per heavy atom. The van der Waals surface area contributed by atoms with Gasteiger partial charge in [-0.1, -0.05) is 31.5 Å². The predicted octanol–water partition coefficient (Wildman–Crippen LogP) is 2.47. The maximum absolute atomic E-state index is 13.2. The summed E-state index contributed by atoms with van der Waals surface area (Å²) in [6.07, 6.45) is 1.99. The van der Waals surface area contributed by atoms with Gasteiger partial charge in [-0.15, -0.1) is 0 Å². The van der Waals surface area contributed by atoms with E-state index in [0.717, 1.165) is 12.8 Å². The SMILES string of the molecule is CCCC(CN)OCc1ccccc1F. The van der Waals surface area contributed by atoms with E-state index in [2.05, 4.69) is 6.92 Å². The molecule has 0 heterocycles. The third-order valence-electron chi connectivity index (χ3n) is 2.31. The highest BCUT2D eigenvalue weighted by Crippen LogP contribution is 2.10. The zero-order chi connectivity index (χ0) is 11.1. The first-order chi connectivity index (χ1) is 7.27. The minimum atomic E-state index is -0.218. The second-order valence-electron chi connectivity index (χ2n) is 3.55. The highest BCUT2D eigenvalue weighted by Gasteiger charge is 2.07. The van der Waals surface area contributed by atoms with Gasteiger partial charge in [0.05, 0.1) is 12.7 Å². The van der Waals surface area contributed by atoms with Crippen LogP contribution in [0.3, 0.4) is 0 Å². The van der Waals surface area contributed by atoms with Crippen LogP contribution in [0.1, 0.15) is 25.3 Å². The van der Waals surface area contributed by atoms with Crippen LogP contribution in [0.4, 0.5) is 4.39 Å². The Labute approximate surface area is 90.2 Å². The smallest absolute Gasteiger partial charge is 0.128 e. The van der Waals surface area contributed by atoms with Crippen LogP contribution >= 0.6 is 0 Å². The lowest BCUT2D eigenvalue weighted by atomic mass is 10.2. The van der Waals surface area contributed by atoms with Crippen LogP contribution in [0.2, 0.25) is 0 Å². The summed E-state index contributed by atoms with van der Waals surface area (Å²) in [5.74, 6) is -0.218. The van der Waals surface area contributed by atoms with Crippen molar-refractivity contribution in [3.63, 3.8) is 0 Å². The third kappa shape index (κ3) is 3.98. The Morgan fingerprint density at radius 1 is 1.40 bits per heavy atom. The number of hydrogen-bond donors (Lipinski definition) is 1. The van der Waals surface area contributed by atoms with Crippen molar-refractivity contribution in [2.24, 2.45) is 5.73 Å². The largest absolute Gasteiger partial charge is 0.372 e. The number of nitrogens with two attached hydrogens (primary N) is 1. The molecule has 1 atom stereocenters. The van der Waals surface area contributed by atoms with Gasteiger partial charge in [0.15, 0.2) is 0 Å². The maximum Gasteiger partial charge on any atom is 0.128 e. The van der Waals surface area contributed by atoms with E-state index in [1.165, 1.54) is 6.07 Å². The van der Waals surface area contributed by atoms with Crippen LogP contribution in [0.15, 0.2) is 24.3 Å². The number of ether oxygens (including phenoxy) is 1. The van der Waals surface area contributed by atoms with E-state index in [1.54, 1.807) is 18.2 Å². The molecule has 0 fully saturated rings. The van der Waals surface area contributed by atoms with E-state index in [1.807, 2.05) is 0 Å². The van der Waals surface area contributed by atoms with Crippen molar-refractivity contribution >= 4 is 0 Å². The van der Waals surface area contributed by atoms with E-state index in [0.29, 0.717) is 18.7 Å². The molecule has 0 aliphatic rings. The van der Waals surface area contributed by atoms with Crippen molar-refractivity contribution < 1.29 is 9.13 Å². The van der Waals surface area contributed by atoms with E-state index in [4.69, 9.17) is 10.5 Å². The van der Waals surface area contributed by atoms with Crippen molar-refractivity contribution in [2.75, 3.05) is 6.54 Å². The Morgan fingerprint density at radius 2 is 2.13 bits per heavy atom. The molecule has 0 spiro atoms. The van der Waals surface area contributed by atoms with Gasteiger partial charge >= 0.3 is 0 Å². The molecule has 1 aromatic rings. The standard InChI is InChI=1S/C12H18FNO/c1-2-5-11(8-14)15-9-10-6-3-4-7-12(10)13/h3-4,6-7,11H,2,5,8-9,14H2,1H3. The minimum Gasteiger partial charge on any atom is -0.372 e. The number of benzene rings is 1. The fraction of sp³-hybridized carbons (Fsp3) is 0.500. The molecule has 0 saturated carbocycles. The van der Waals surface area contributed by atoms with Crippen LogP contribution in [-0.4, -0.2) is 12.6 Å². The summed E-state index contributed by atoms with van der Waals surface area (Å²) >= 11 is 0. The van der Waals surface area contributed by atoms with Gasteiger partial charge in [-0.3, -0.25) is 0 Å². The zero-order valence-corrected chi connectivity index (χ0v) is 9.08. The Kier molecular flexibility index (Phi) is 5.29. The normalized spacial score (nSPS) is 12.7. The second-order valence-corrected chi connectivity index (χ2v) is 3.55. The molecule has 0 aromatic heterocycles. The molecular formula is C12H18FNO. The van der Waals surface area contributed by atoms with Gasteiger partial charge in [0, 0.05) is 12.1 Å². The van der Waals surface area contributed by atoms with Crippen molar-refractivity contribution in [1.82, 2.24) is 0 Å². The molecule has 0 saturated heterocycles. The minimum absolute atomic E-state index is 0.0367. The highest BCUT2D eigenvalue weighted by molar-refractivity contribution is 5.16. The van der Waals surface area contributed by atoms with Gasteiger partial charge in [0.1, 0.15) is 5.82 Å². The molecule has 2 N–H and O–H groups in total. The summed E-state index contributed by atoms with van der Waals surface area (Å²) in [5, 5.41) is 0. The van der Waals surface area contributed by atoms with Crippen molar-refractivity contribution in [3.05, 3.63) is 35.6 Å². The number of hydrogen-bond acceptors (Lipinski definition) is 2. The van der Waals surface area contributed by atoms with Crippen LogP contribution in [-0.2, 0) is 11.3 Å². The number of rotatable bonds is 6. The summed E-state index contributed by atoms with van der Waals surface area (Å²) in [7, 11) is 0. The zero-order valence-electron chi connectivity index (χ0n) is 9.08. The molecule has 2 nitrogen and oxygen atoms in total. The van der Waals surface area contributed by atoms with Crippen molar-refractivity contribution in [3.8, 4) is 0 Å². The molecule has 3 heteroatoms. The van der Waals surface area contributed by atoms with Gasteiger partial charge in [0.25, 0.3) is 0 Å². The fourth-order valence-corrected chi connectivity index (χ4v) is 1.41. The van der Waals surface area contributed by atoms with E-state index in [9.17, 15) is 4.39 Å². The molecule has 15 heavy (non-hydrogen) atoms. The quantitative estimate of drug-likeness (QED) is 0.784. The van der Waals surface area contributed by atoms with Gasteiger partial charge in [0.2, 0.25) is 0 Å². The Hall–Kier alpha value is -0.930. The summed E-state index contributed by atoms with van der Waals surface area (Å²) in [6, 6.07) is 6.65. The average molecular weight is 211 g/mol. The molecule has 0 radical (unpaired) electrons. The summed E-state index contributed by atoms with van der Waals surface area (Å²) < 4.78 is 18.8. The summed E-state index contributed by atoms with van der Waals surface area (Å²) in [5.41, 5.74) is 6.13. The molecule has 0 aliphatic carbocycles. The second kappa shape index (κ2) is 6.53. The summed E-state index contributed by atoms with van der Waals surface area (Å²) in [6.45, 7) is 2.87. The maximum atomic E-state index is 13.2. The van der Waals surface area contributed by atoms with Gasteiger partial charge in [-0.05, 0) is 12.5 Å². The van der Waals surface area contributed by atoms with Crippen LogP contribution in [0, 0.1) is 5.82 Å². The topological polar surface area (TPSA) is 35.2 Å². The van der Waals surface area contributed by atoms with Gasteiger partial charge < -0.3 is 10.5 Å². The summed E-state index contributed by atoms with van der Waals surface area (Å²) in [4.78, 5) is 0. The lowest BCUT2D eigenvalue weighted by Gasteiger charge is -2.15. The average Bonchev–Trinajstić information content (AvgIpc) is 2.26. The number of halogens is 1. The van der Waals surface area contributed by atoms with E-state index >= 15 is 0 Å². The van der Waals surface area contributed by atoms with Crippen LogP contribution in [0.5, 0.6) is 0 Å². The first-order valence-electron chi connectivity index (χ1n) is 5.33. The highest BCUT2D eigenvalue weighted by atomic mass is 19.1. The van der Waals surface area contributed by atoms with Gasteiger partial charge in [-0.2, -0.15) is 0 Å². The molecule has 0 aliphatic heterocycles. The lowest BCUT2D eigenvalue weighted by molar-refractivity contribution is 0.0389. The van der Waals surface area contributed by atoms with Crippen molar-refractivity contribution in [2.45, 2.75) is 32.5 Å². The molecule has 84 valence electrons. The van der Waals surface area contributed by atoms with Crippen LogP contribution < -0.4 is 5.73 Å². The van der Waals surface area contributed by atoms with E-state index in [-0.39, 0.29) is 11.9 Å². The predicted molar refractivity (Wildman–Crippen MR) is 58.9 cm³/mol. The molecular weight excluding hydrogens is 193 g/mol. The first-order valence-corrected chi connectivity index (χ1v) is 5.33. The Bertz CT molecular complexity index is 291. The van der Waals surface area contributed by atoms with E-state index < -0.39 is 0 Å². The van der Waals surface area contributed by atoms with Crippen LogP contribution in [0.25, 0.3) is 0 Å². The molecule has 1 rings (SSSR count). The molecule has 0 bridgehead atoms. The Balaban J connectivity index is 2.45. The van der Waals surface area contributed by atoms with Gasteiger partial charge in [-0.25, -0.2) is 4.39 Å².